The maximum atomic E-state index is 12.2. The van der Waals surface area contributed by atoms with Gasteiger partial charge in [0.15, 0.2) is 0 Å². The number of hydrogen-bond donors (Lipinski definition) is 3. The molecule has 7 heteroatoms. The molecule has 0 atom stereocenters. The Hall–Kier alpha value is -3.61. The van der Waals surface area contributed by atoms with E-state index in [1.54, 1.807) is 6.92 Å². The van der Waals surface area contributed by atoms with Crippen LogP contribution in [0.15, 0.2) is 64.2 Å². The van der Waals surface area contributed by atoms with E-state index in [4.69, 9.17) is 4.74 Å². The molecule has 1 amide bonds. The Morgan fingerprint density at radius 3 is 2.48 bits per heavy atom. The fraction of sp³-hybridized carbons (Fsp3) is 0.150. The molecule has 3 rings (SSSR count). The molecule has 0 radical (unpaired) electrons. The molecule has 138 valence electrons. The van der Waals surface area contributed by atoms with E-state index in [2.05, 4.69) is 15.3 Å². The number of ether oxygens (including phenoxy) is 1. The summed E-state index contributed by atoms with van der Waals surface area (Å²) < 4.78 is 5.77. The van der Waals surface area contributed by atoms with Gasteiger partial charge < -0.3 is 15.0 Å². The van der Waals surface area contributed by atoms with Crippen LogP contribution in [0, 0.1) is 6.92 Å². The smallest absolute Gasteiger partial charge is 0.325 e. The number of aromatic amines is 2. The van der Waals surface area contributed by atoms with Crippen molar-refractivity contribution in [3.05, 3.63) is 92.3 Å². The lowest BCUT2D eigenvalue weighted by Crippen LogP contribution is -2.32. The van der Waals surface area contributed by atoms with Crippen molar-refractivity contribution in [2.45, 2.75) is 19.9 Å². The Bertz CT molecular complexity index is 1050. The molecular weight excluding hydrogens is 346 g/mol. The van der Waals surface area contributed by atoms with E-state index in [9.17, 15) is 14.4 Å². The molecule has 3 aromatic rings. The van der Waals surface area contributed by atoms with Crippen LogP contribution in [-0.2, 0) is 17.8 Å². The van der Waals surface area contributed by atoms with Crippen LogP contribution < -0.4 is 21.3 Å². The SMILES string of the molecule is Cc1[nH]c(=O)[nH]c(=O)c1CC(=O)NCc1cccc(Oc2ccccc2)c1. The first-order chi connectivity index (χ1) is 13.0. The summed E-state index contributed by atoms with van der Waals surface area (Å²) in [4.78, 5) is 39.8. The van der Waals surface area contributed by atoms with Crippen molar-refractivity contribution in [2.24, 2.45) is 0 Å². The van der Waals surface area contributed by atoms with Gasteiger partial charge in [-0.3, -0.25) is 14.6 Å². The van der Waals surface area contributed by atoms with Gasteiger partial charge in [-0.1, -0.05) is 30.3 Å². The number of nitrogens with one attached hydrogen (secondary N) is 3. The van der Waals surface area contributed by atoms with Crippen LogP contribution in [0.25, 0.3) is 0 Å². The molecule has 0 spiro atoms. The quantitative estimate of drug-likeness (QED) is 0.622. The zero-order valence-electron chi connectivity index (χ0n) is 14.7. The van der Waals surface area contributed by atoms with Crippen molar-refractivity contribution < 1.29 is 9.53 Å². The highest BCUT2D eigenvalue weighted by atomic mass is 16.5. The predicted octanol–water partition coefficient (Wildman–Crippen LogP) is 2.02. The lowest BCUT2D eigenvalue weighted by molar-refractivity contribution is -0.120. The molecule has 0 aliphatic heterocycles. The van der Waals surface area contributed by atoms with Gasteiger partial charge in [-0.05, 0) is 36.8 Å². The second-order valence-corrected chi connectivity index (χ2v) is 6.03. The number of amides is 1. The zero-order chi connectivity index (χ0) is 19.2. The third-order valence-electron chi connectivity index (χ3n) is 3.96. The Labute approximate surface area is 155 Å². The van der Waals surface area contributed by atoms with E-state index in [0.717, 1.165) is 11.3 Å². The predicted molar refractivity (Wildman–Crippen MR) is 101 cm³/mol. The molecule has 2 aromatic carbocycles. The number of carbonyl (C=O) groups excluding carboxylic acids is 1. The second kappa shape index (κ2) is 8.18. The molecule has 0 unspecified atom stereocenters. The van der Waals surface area contributed by atoms with Gasteiger partial charge in [-0.25, -0.2) is 4.79 Å². The Morgan fingerprint density at radius 2 is 1.74 bits per heavy atom. The van der Waals surface area contributed by atoms with Crippen molar-refractivity contribution >= 4 is 5.91 Å². The molecule has 1 aromatic heterocycles. The summed E-state index contributed by atoms with van der Waals surface area (Å²) >= 11 is 0. The van der Waals surface area contributed by atoms with Gasteiger partial charge in [0.1, 0.15) is 11.5 Å². The van der Waals surface area contributed by atoms with Gasteiger partial charge in [-0.15, -0.1) is 0 Å². The lowest BCUT2D eigenvalue weighted by atomic mass is 10.1. The van der Waals surface area contributed by atoms with E-state index >= 15 is 0 Å². The number of aromatic nitrogens is 2. The van der Waals surface area contributed by atoms with Crippen molar-refractivity contribution in [1.29, 1.82) is 0 Å². The molecule has 0 aliphatic carbocycles. The van der Waals surface area contributed by atoms with E-state index in [1.165, 1.54) is 0 Å². The number of aryl methyl sites for hydroxylation is 1. The highest BCUT2D eigenvalue weighted by Gasteiger charge is 2.11. The topological polar surface area (TPSA) is 104 Å². The first-order valence-electron chi connectivity index (χ1n) is 8.42. The number of carbonyl (C=O) groups is 1. The molecule has 0 bridgehead atoms. The van der Waals surface area contributed by atoms with Crippen LogP contribution in [-0.4, -0.2) is 15.9 Å². The molecular formula is C20H19N3O4. The number of H-pyrrole nitrogens is 2. The Balaban J connectivity index is 1.62. The first-order valence-corrected chi connectivity index (χ1v) is 8.42. The fourth-order valence-corrected chi connectivity index (χ4v) is 2.61. The van der Waals surface area contributed by atoms with Crippen molar-refractivity contribution in [3.63, 3.8) is 0 Å². The molecule has 0 aliphatic rings. The van der Waals surface area contributed by atoms with Crippen LogP contribution in [0.4, 0.5) is 0 Å². The monoisotopic (exact) mass is 365 g/mol. The lowest BCUT2D eigenvalue weighted by Gasteiger charge is -2.09. The largest absolute Gasteiger partial charge is 0.457 e. The van der Waals surface area contributed by atoms with Crippen LogP contribution >= 0.6 is 0 Å². The third kappa shape index (κ3) is 4.94. The van der Waals surface area contributed by atoms with E-state index in [-0.39, 0.29) is 17.9 Å². The van der Waals surface area contributed by atoms with Gasteiger partial charge in [0, 0.05) is 17.8 Å². The second-order valence-electron chi connectivity index (χ2n) is 6.03. The van der Waals surface area contributed by atoms with Gasteiger partial charge in [0.25, 0.3) is 5.56 Å². The van der Waals surface area contributed by atoms with Gasteiger partial charge in [-0.2, -0.15) is 0 Å². The number of para-hydroxylation sites is 1. The van der Waals surface area contributed by atoms with E-state index < -0.39 is 11.2 Å². The summed E-state index contributed by atoms with van der Waals surface area (Å²) in [7, 11) is 0. The number of hydrogen-bond acceptors (Lipinski definition) is 4. The van der Waals surface area contributed by atoms with Crippen molar-refractivity contribution in [1.82, 2.24) is 15.3 Å². The van der Waals surface area contributed by atoms with Crippen LogP contribution in [0.3, 0.4) is 0 Å². The first kappa shape index (κ1) is 18.2. The average Bonchev–Trinajstić information content (AvgIpc) is 2.64. The third-order valence-corrected chi connectivity index (χ3v) is 3.96. The minimum Gasteiger partial charge on any atom is -0.457 e. The molecule has 3 N–H and O–H groups in total. The number of benzene rings is 2. The molecule has 0 fully saturated rings. The highest BCUT2D eigenvalue weighted by Crippen LogP contribution is 2.21. The Kier molecular flexibility index (Phi) is 5.51. The zero-order valence-corrected chi connectivity index (χ0v) is 14.7. The molecule has 7 nitrogen and oxygen atoms in total. The van der Waals surface area contributed by atoms with Gasteiger partial charge in [0.05, 0.1) is 6.42 Å². The summed E-state index contributed by atoms with van der Waals surface area (Å²) in [6.07, 6.45) is -0.113. The standard InChI is InChI=1S/C20H19N3O4/c1-13-17(19(25)23-20(26)22-13)11-18(24)21-12-14-6-5-9-16(10-14)27-15-7-3-2-4-8-15/h2-10H,11-12H2,1H3,(H,21,24)(H2,22,23,25,26). The maximum Gasteiger partial charge on any atom is 0.325 e. The van der Waals surface area contributed by atoms with E-state index in [0.29, 0.717) is 18.0 Å². The van der Waals surface area contributed by atoms with Crippen LogP contribution in [0.5, 0.6) is 11.5 Å². The summed E-state index contributed by atoms with van der Waals surface area (Å²) in [5.74, 6) is 1.08. The Morgan fingerprint density at radius 1 is 1.00 bits per heavy atom. The average molecular weight is 365 g/mol. The molecule has 1 heterocycles. The number of rotatable bonds is 6. The fourth-order valence-electron chi connectivity index (χ4n) is 2.61. The summed E-state index contributed by atoms with van der Waals surface area (Å²) in [6, 6.07) is 16.8. The van der Waals surface area contributed by atoms with Crippen LogP contribution in [0.2, 0.25) is 0 Å². The molecule has 27 heavy (non-hydrogen) atoms. The van der Waals surface area contributed by atoms with Crippen molar-refractivity contribution in [3.8, 4) is 11.5 Å². The van der Waals surface area contributed by atoms with Crippen LogP contribution in [0.1, 0.15) is 16.8 Å². The molecule has 0 saturated carbocycles. The summed E-state index contributed by atoms with van der Waals surface area (Å²) in [5.41, 5.74) is 0.357. The normalized spacial score (nSPS) is 10.4. The molecule has 0 saturated heterocycles. The minimum absolute atomic E-state index is 0.113. The van der Waals surface area contributed by atoms with E-state index in [1.807, 2.05) is 54.6 Å². The summed E-state index contributed by atoms with van der Waals surface area (Å²) in [6.45, 7) is 1.88. The van der Waals surface area contributed by atoms with Crippen molar-refractivity contribution in [2.75, 3.05) is 0 Å². The minimum atomic E-state index is -0.586. The summed E-state index contributed by atoms with van der Waals surface area (Å²) in [5, 5.41) is 2.77. The van der Waals surface area contributed by atoms with Gasteiger partial charge in [0.2, 0.25) is 5.91 Å². The highest BCUT2D eigenvalue weighted by molar-refractivity contribution is 5.78. The maximum absolute atomic E-state index is 12.2. The van der Waals surface area contributed by atoms with Gasteiger partial charge >= 0.3 is 5.69 Å².